The molecular formula is C23H30N4O5S. The standard InChI is InChI=1S/C23H30N4O5S/c1-16(2)21(26-33(31,32)19-8-4-3-5-9-19)20(28)13-18-7-6-12-27-15-17(14-25-27)10-11-24-23(30)22(18)29/h3-5,8-9,14-16,18,21,26H,6-7,10-13H2,1-2H3,(H,24,30). The third kappa shape index (κ3) is 6.58. The fourth-order valence-corrected chi connectivity index (χ4v) is 5.24. The lowest BCUT2D eigenvalue weighted by atomic mass is 9.87. The number of nitrogens with zero attached hydrogens (tertiary/aromatic N) is 2. The van der Waals surface area contributed by atoms with Crippen LogP contribution < -0.4 is 10.0 Å². The van der Waals surface area contributed by atoms with Crippen molar-refractivity contribution in [3.8, 4) is 0 Å². The van der Waals surface area contributed by atoms with Crippen molar-refractivity contribution in [2.24, 2.45) is 11.8 Å². The molecule has 1 aliphatic rings. The Morgan fingerprint density at radius 3 is 2.67 bits per heavy atom. The zero-order valence-corrected chi connectivity index (χ0v) is 19.7. The zero-order valence-electron chi connectivity index (χ0n) is 18.9. The summed E-state index contributed by atoms with van der Waals surface area (Å²) in [6.45, 7) is 4.33. The molecule has 0 spiro atoms. The molecule has 0 fully saturated rings. The molecule has 9 nitrogen and oxygen atoms in total. The molecule has 1 amide bonds. The molecule has 178 valence electrons. The van der Waals surface area contributed by atoms with E-state index in [1.807, 2.05) is 6.20 Å². The van der Waals surface area contributed by atoms with Gasteiger partial charge in [0.25, 0.3) is 5.91 Å². The number of rotatable bonds is 7. The van der Waals surface area contributed by atoms with Gasteiger partial charge in [0, 0.05) is 31.6 Å². The van der Waals surface area contributed by atoms with Gasteiger partial charge >= 0.3 is 0 Å². The molecule has 1 aromatic heterocycles. The molecular weight excluding hydrogens is 444 g/mol. The maximum atomic E-state index is 13.2. The summed E-state index contributed by atoms with van der Waals surface area (Å²) < 4.78 is 29.8. The van der Waals surface area contributed by atoms with E-state index in [2.05, 4.69) is 15.1 Å². The van der Waals surface area contributed by atoms with E-state index in [9.17, 15) is 22.8 Å². The molecule has 1 aromatic carbocycles. The molecule has 1 aliphatic heterocycles. The molecule has 2 bridgehead atoms. The van der Waals surface area contributed by atoms with Gasteiger partial charge in [-0.05, 0) is 42.9 Å². The minimum atomic E-state index is -3.92. The van der Waals surface area contributed by atoms with Crippen LogP contribution in [-0.2, 0) is 37.4 Å². The summed E-state index contributed by atoms with van der Waals surface area (Å²) in [4.78, 5) is 38.4. The molecule has 2 N–H and O–H groups in total. The Kier molecular flexibility index (Phi) is 8.15. The first-order valence-electron chi connectivity index (χ1n) is 11.1. The largest absolute Gasteiger partial charge is 0.349 e. The van der Waals surface area contributed by atoms with Crippen molar-refractivity contribution >= 4 is 27.5 Å². The molecule has 10 heteroatoms. The second kappa shape index (κ2) is 10.8. The number of hydrogen-bond donors (Lipinski definition) is 2. The van der Waals surface area contributed by atoms with Gasteiger partial charge in [0.2, 0.25) is 15.8 Å². The molecule has 2 heterocycles. The Hall–Kier alpha value is -2.85. The molecule has 2 atom stereocenters. The molecule has 33 heavy (non-hydrogen) atoms. The number of ketones is 2. The third-order valence-electron chi connectivity index (χ3n) is 5.72. The van der Waals surface area contributed by atoms with Crippen molar-refractivity contribution in [1.82, 2.24) is 19.8 Å². The Morgan fingerprint density at radius 2 is 1.97 bits per heavy atom. The SMILES string of the molecule is CC(C)C(NS(=O)(=O)c1ccccc1)C(=O)CC1CCCn2cc(cn2)CCNC(=O)C1=O. The highest BCUT2D eigenvalue weighted by atomic mass is 32.2. The Bertz CT molecular complexity index is 1100. The maximum absolute atomic E-state index is 13.2. The highest BCUT2D eigenvalue weighted by molar-refractivity contribution is 7.89. The van der Waals surface area contributed by atoms with Crippen molar-refractivity contribution in [2.75, 3.05) is 6.54 Å². The van der Waals surface area contributed by atoms with E-state index in [-0.39, 0.29) is 17.2 Å². The average Bonchev–Trinajstić information content (AvgIpc) is 3.23. The van der Waals surface area contributed by atoms with Gasteiger partial charge in [0.15, 0.2) is 5.78 Å². The smallest absolute Gasteiger partial charge is 0.287 e. The van der Waals surface area contributed by atoms with Crippen LogP contribution in [0.25, 0.3) is 0 Å². The van der Waals surface area contributed by atoms with Crippen LogP contribution in [0.1, 0.15) is 38.7 Å². The van der Waals surface area contributed by atoms with Gasteiger partial charge in [0.1, 0.15) is 0 Å². The molecule has 0 saturated carbocycles. The number of nitrogens with one attached hydrogen (secondary N) is 2. The lowest BCUT2D eigenvalue weighted by Crippen LogP contribution is -2.46. The fraction of sp³-hybridized carbons (Fsp3) is 0.478. The lowest BCUT2D eigenvalue weighted by Gasteiger charge is -2.23. The Balaban J connectivity index is 1.75. The number of benzene rings is 1. The number of carbonyl (C=O) groups is 3. The summed E-state index contributed by atoms with van der Waals surface area (Å²) >= 11 is 0. The van der Waals surface area contributed by atoms with E-state index in [4.69, 9.17) is 0 Å². The van der Waals surface area contributed by atoms with Crippen molar-refractivity contribution in [3.63, 3.8) is 0 Å². The van der Waals surface area contributed by atoms with Crippen molar-refractivity contribution < 1.29 is 22.8 Å². The summed E-state index contributed by atoms with van der Waals surface area (Å²) in [6.07, 6.45) is 4.86. The quantitative estimate of drug-likeness (QED) is 0.585. The van der Waals surface area contributed by atoms with Crippen LogP contribution in [0.4, 0.5) is 0 Å². The topological polar surface area (TPSA) is 127 Å². The predicted molar refractivity (Wildman–Crippen MR) is 122 cm³/mol. The first-order chi connectivity index (χ1) is 15.7. The first-order valence-corrected chi connectivity index (χ1v) is 12.6. The van der Waals surface area contributed by atoms with Gasteiger partial charge in [-0.15, -0.1) is 0 Å². The minimum Gasteiger partial charge on any atom is -0.349 e. The predicted octanol–water partition coefficient (Wildman–Crippen LogP) is 1.48. The van der Waals surface area contributed by atoms with Crippen LogP contribution in [0.3, 0.4) is 0 Å². The van der Waals surface area contributed by atoms with Crippen molar-refractivity contribution in [1.29, 1.82) is 0 Å². The number of aromatic nitrogens is 2. The first kappa shape index (κ1) is 24.8. The molecule has 0 aliphatic carbocycles. The van der Waals surface area contributed by atoms with Gasteiger partial charge in [-0.25, -0.2) is 13.1 Å². The van der Waals surface area contributed by atoms with Crippen LogP contribution in [0.15, 0.2) is 47.6 Å². The second-order valence-electron chi connectivity index (χ2n) is 8.65. The average molecular weight is 475 g/mol. The van der Waals surface area contributed by atoms with Crippen LogP contribution in [0.5, 0.6) is 0 Å². The summed E-state index contributed by atoms with van der Waals surface area (Å²) in [5.41, 5.74) is 0.973. The lowest BCUT2D eigenvalue weighted by molar-refractivity contribution is -0.141. The number of sulfonamides is 1. The van der Waals surface area contributed by atoms with Gasteiger partial charge < -0.3 is 5.32 Å². The van der Waals surface area contributed by atoms with E-state index >= 15 is 0 Å². The normalized spacial score (nSPS) is 18.8. The van der Waals surface area contributed by atoms with Crippen LogP contribution in [-0.4, -0.2) is 48.3 Å². The summed E-state index contributed by atoms with van der Waals surface area (Å²) in [6, 6.07) is 6.80. The van der Waals surface area contributed by atoms with Crippen LogP contribution in [0.2, 0.25) is 0 Å². The van der Waals surface area contributed by atoms with Crippen molar-refractivity contribution in [2.45, 2.75) is 57.0 Å². The van der Waals surface area contributed by atoms with Crippen molar-refractivity contribution in [3.05, 3.63) is 48.3 Å². The number of fused-ring (bicyclic) bond motifs is 2. The number of aryl methyl sites for hydroxylation is 1. The van der Waals surface area contributed by atoms with Gasteiger partial charge in [-0.3, -0.25) is 19.1 Å². The second-order valence-corrected chi connectivity index (χ2v) is 10.4. The van der Waals surface area contributed by atoms with E-state index in [0.717, 1.165) is 5.56 Å². The summed E-state index contributed by atoms with van der Waals surface area (Å²) in [5, 5.41) is 6.90. The number of amides is 1. The van der Waals surface area contributed by atoms with E-state index < -0.39 is 39.5 Å². The number of Topliss-reactive ketones (excluding diaryl/α,β-unsaturated/α-hetero) is 2. The number of hydrogen-bond acceptors (Lipinski definition) is 6. The molecule has 2 unspecified atom stereocenters. The Morgan fingerprint density at radius 1 is 1.24 bits per heavy atom. The van der Waals surface area contributed by atoms with E-state index in [0.29, 0.717) is 32.4 Å². The monoisotopic (exact) mass is 474 g/mol. The molecule has 3 rings (SSSR count). The van der Waals surface area contributed by atoms with Crippen LogP contribution >= 0.6 is 0 Å². The highest BCUT2D eigenvalue weighted by Crippen LogP contribution is 2.20. The summed E-state index contributed by atoms with van der Waals surface area (Å²) in [7, 11) is -3.92. The van der Waals surface area contributed by atoms with Gasteiger partial charge in [-0.2, -0.15) is 5.10 Å². The van der Waals surface area contributed by atoms with E-state index in [1.54, 1.807) is 42.9 Å². The maximum Gasteiger partial charge on any atom is 0.287 e. The molecule has 0 saturated heterocycles. The minimum absolute atomic E-state index is 0.0588. The number of carbonyl (C=O) groups excluding carboxylic acids is 3. The third-order valence-corrected chi connectivity index (χ3v) is 7.17. The van der Waals surface area contributed by atoms with Gasteiger partial charge in [0.05, 0.1) is 17.1 Å². The fourth-order valence-electron chi connectivity index (χ4n) is 3.85. The van der Waals surface area contributed by atoms with Gasteiger partial charge in [-0.1, -0.05) is 32.0 Å². The summed E-state index contributed by atoms with van der Waals surface area (Å²) in [5.74, 6) is -2.94. The van der Waals surface area contributed by atoms with E-state index in [1.165, 1.54) is 12.1 Å². The zero-order chi connectivity index (χ0) is 24.0. The van der Waals surface area contributed by atoms with Crippen LogP contribution in [0, 0.1) is 11.8 Å². The molecule has 0 radical (unpaired) electrons. The highest BCUT2D eigenvalue weighted by Gasteiger charge is 2.33. The Labute approximate surface area is 194 Å². The molecule has 2 aromatic rings.